The lowest BCUT2D eigenvalue weighted by molar-refractivity contribution is 0.352. The number of aromatic nitrogens is 2. The summed E-state index contributed by atoms with van der Waals surface area (Å²) in [7, 11) is 0. The highest BCUT2D eigenvalue weighted by molar-refractivity contribution is 5.26. The average Bonchev–Trinajstić information content (AvgIpc) is 3.12. The third-order valence-corrected chi connectivity index (χ3v) is 4.30. The molecule has 1 saturated heterocycles. The summed E-state index contributed by atoms with van der Waals surface area (Å²) in [5.41, 5.74) is 0. The van der Waals surface area contributed by atoms with E-state index in [4.69, 9.17) is 0 Å². The fourth-order valence-corrected chi connectivity index (χ4v) is 3.26. The largest absolute Gasteiger partial charge is 0.354 e. The fraction of sp³-hybridized carbons (Fsp3) is 0.786. The van der Waals surface area contributed by atoms with E-state index in [1.54, 1.807) is 0 Å². The van der Waals surface area contributed by atoms with Crippen LogP contribution in [-0.2, 0) is 0 Å². The SMILES string of the molecule is c1cn(C2CCCC2)c(NCCN2CCCC2)n1. The van der Waals surface area contributed by atoms with Crippen molar-refractivity contribution in [2.75, 3.05) is 31.5 Å². The van der Waals surface area contributed by atoms with Gasteiger partial charge in [-0.2, -0.15) is 0 Å². The Morgan fingerprint density at radius 3 is 2.72 bits per heavy atom. The van der Waals surface area contributed by atoms with Crippen LogP contribution in [0.2, 0.25) is 0 Å². The van der Waals surface area contributed by atoms with Gasteiger partial charge in [-0.25, -0.2) is 4.98 Å². The molecule has 1 aromatic rings. The van der Waals surface area contributed by atoms with Crippen LogP contribution in [0.3, 0.4) is 0 Å². The number of rotatable bonds is 5. The molecule has 4 heteroatoms. The van der Waals surface area contributed by atoms with Gasteiger partial charge in [0.1, 0.15) is 0 Å². The number of anilines is 1. The van der Waals surface area contributed by atoms with Crippen LogP contribution in [0, 0.1) is 0 Å². The molecule has 2 aliphatic rings. The monoisotopic (exact) mass is 248 g/mol. The summed E-state index contributed by atoms with van der Waals surface area (Å²) < 4.78 is 2.34. The number of imidazole rings is 1. The molecule has 1 saturated carbocycles. The normalized spacial score (nSPS) is 21.8. The van der Waals surface area contributed by atoms with Gasteiger partial charge in [-0.1, -0.05) is 12.8 Å². The van der Waals surface area contributed by atoms with Gasteiger partial charge in [0.15, 0.2) is 0 Å². The molecule has 1 aromatic heterocycles. The van der Waals surface area contributed by atoms with E-state index >= 15 is 0 Å². The predicted octanol–water partition coefficient (Wildman–Crippen LogP) is 2.51. The Morgan fingerprint density at radius 2 is 1.94 bits per heavy atom. The van der Waals surface area contributed by atoms with Crippen molar-refractivity contribution in [1.29, 1.82) is 0 Å². The summed E-state index contributed by atoms with van der Waals surface area (Å²) in [5, 5.41) is 3.51. The molecule has 1 aliphatic carbocycles. The standard InChI is InChI=1S/C14H24N4/c1-2-6-13(5-1)18-12-8-16-14(18)15-7-11-17-9-3-4-10-17/h8,12-13H,1-7,9-11H2,(H,15,16). The first-order chi connectivity index (χ1) is 8.93. The van der Waals surface area contributed by atoms with Crippen LogP contribution in [0.1, 0.15) is 44.6 Å². The fourth-order valence-electron chi connectivity index (χ4n) is 3.26. The third-order valence-electron chi connectivity index (χ3n) is 4.30. The van der Waals surface area contributed by atoms with Crippen molar-refractivity contribution in [2.24, 2.45) is 0 Å². The first-order valence-corrected chi connectivity index (χ1v) is 7.42. The van der Waals surface area contributed by atoms with E-state index < -0.39 is 0 Å². The van der Waals surface area contributed by atoms with Crippen LogP contribution < -0.4 is 5.32 Å². The first kappa shape index (κ1) is 12.0. The second-order valence-corrected chi connectivity index (χ2v) is 5.57. The number of nitrogens with one attached hydrogen (secondary N) is 1. The topological polar surface area (TPSA) is 33.1 Å². The van der Waals surface area contributed by atoms with Crippen molar-refractivity contribution < 1.29 is 0 Å². The van der Waals surface area contributed by atoms with Gasteiger partial charge in [0, 0.05) is 31.5 Å². The third kappa shape index (κ3) is 2.69. The quantitative estimate of drug-likeness (QED) is 0.869. The highest BCUT2D eigenvalue weighted by Gasteiger charge is 2.19. The van der Waals surface area contributed by atoms with Gasteiger partial charge >= 0.3 is 0 Å². The maximum Gasteiger partial charge on any atom is 0.203 e. The Kier molecular flexibility index (Phi) is 3.84. The lowest BCUT2D eigenvalue weighted by Crippen LogP contribution is -2.26. The smallest absolute Gasteiger partial charge is 0.203 e. The van der Waals surface area contributed by atoms with E-state index in [0.717, 1.165) is 19.0 Å². The molecule has 100 valence electrons. The zero-order valence-electron chi connectivity index (χ0n) is 11.1. The second kappa shape index (κ2) is 5.74. The molecule has 0 spiro atoms. The molecule has 0 aromatic carbocycles. The molecule has 0 radical (unpaired) electrons. The number of hydrogen-bond acceptors (Lipinski definition) is 3. The molecule has 0 bridgehead atoms. The van der Waals surface area contributed by atoms with Gasteiger partial charge in [-0.3, -0.25) is 0 Å². The van der Waals surface area contributed by atoms with Crippen LogP contribution in [-0.4, -0.2) is 40.6 Å². The molecule has 4 nitrogen and oxygen atoms in total. The molecule has 3 rings (SSSR count). The summed E-state index contributed by atoms with van der Waals surface area (Å²) >= 11 is 0. The summed E-state index contributed by atoms with van der Waals surface area (Å²) in [5.74, 6) is 1.07. The van der Waals surface area contributed by atoms with Gasteiger partial charge in [-0.15, -0.1) is 0 Å². The highest BCUT2D eigenvalue weighted by Crippen LogP contribution is 2.31. The molecule has 1 N–H and O–H groups in total. The van der Waals surface area contributed by atoms with Crippen molar-refractivity contribution in [3.63, 3.8) is 0 Å². The molecule has 0 amide bonds. The van der Waals surface area contributed by atoms with E-state index in [1.165, 1.54) is 51.6 Å². The van der Waals surface area contributed by atoms with Crippen LogP contribution in [0.4, 0.5) is 5.95 Å². The average molecular weight is 248 g/mol. The Bertz CT molecular complexity index is 362. The predicted molar refractivity (Wildman–Crippen MR) is 73.9 cm³/mol. The molecule has 0 unspecified atom stereocenters. The molecule has 2 fully saturated rings. The maximum atomic E-state index is 4.46. The van der Waals surface area contributed by atoms with Gasteiger partial charge in [0.25, 0.3) is 0 Å². The van der Waals surface area contributed by atoms with Crippen molar-refractivity contribution in [3.8, 4) is 0 Å². The molecule has 2 heterocycles. The Balaban J connectivity index is 1.51. The first-order valence-electron chi connectivity index (χ1n) is 7.42. The molecule has 0 atom stereocenters. The van der Waals surface area contributed by atoms with Gasteiger partial charge in [0.2, 0.25) is 5.95 Å². The summed E-state index contributed by atoms with van der Waals surface area (Å²) in [6, 6.07) is 0.682. The lowest BCUT2D eigenvalue weighted by atomic mass is 10.2. The zero-order chi connectivity index (χ0) is 12.2. The number of hydrogen-bond donors (Lipinski definition) is 1. The van der Waals surface area contributed by atoms with Crippen LogP contribution in [0.5, 0.6) is 0 Å². The van der Waals surface area contributed by atoms with Gasteiger partial charge in [-0.05, 0) is 38.8 Å². The van der Waals surface area contributed by atoms with Gasteiger partial charge < -0.3 is 14.8 Å². The highest BCUT2D eigenvalue weighted by atomic mass is 15.2. The van der Waals surface area contributed by atoms with Crippen LogP contribution in [0.15, 0.2) is 12.4 Å². The Hall–Kier alpha value is -1.03. The second-order valence-electron chi connectivity index (χ2n) is 5.57. The van der Waals surface area contributed by atoms with E-state index in [2.05, 4.69) is 26.0 Å². The number of likely N-dealkylation sites (tertiary alicyclic amines) is 1. The van der Waals surface area contributed by atoms with Crippen molar-refractivity contribution in [3.05, 3.63) is 12.4 Å². The summed E-state index contributed by atoms with van der Waals surface area (Å²) in [6.45, 7) is 4.72. The van der Waals surface area contributed by atoms with Crippen LogP contribution in [0.25, 0.3) is 0 Å². The molecule has 18 heavy (non-hydrogen) atoms. The molecular formula is C14H24N4. The lowest BCUT2D eigenvalue weighted by Gasteiger charge is -2.18. The van der Waals surface area contributed by atoms with Crippen molar-refractivity contribution >= 4 is 5.95 Å². The van der Waals surface area contributed by atoms with E-state index in [1.807, 2.05) is 6.20 Å². The van der Waals surface area contributed by atoms with Gasteiger partial charge in [0.05, 0.1) is 0 Å². The molecular weight excluding hydrogens is 224 g/mol. The van der Waals surface area contributed by atoms with Crippen LogP contribution >= 0.6 is 0 Å². The number of nitrogens with zero attached hydrogens (tertiary/aromatic N) is 3. The minimum absolute atomic E-state index is 0.682. The Labute approximate surface area is 109 Å². The molecule has 1 aliphatic heterocycles. The minimum atomic E-state index is 0.682. The zero-order valence-corrected chi connectivity index (χ0v) is 11.1. The maximum absolute atomic E-state index is 4.46. The van der Waals surface area contributed by atoms with E-state index in [0.29, 0.717) is 6.04 Å². The minimum Gasteiger partial charge on any atom is -0.354 e. The van der Waals surface area contributed by atoms with E-state index in [-0.39, 0.29) is 0 Å². The van der Waals surface area contributed by atoms with Crippen molar-refractivity contribution in [1.82, 2.24) is 14.5 Å². The van der Waals surface area contributed by atoms with Crippen molar-refractivity contribution in [2.45, 2.75) is 44.6 Å². The summed E-state index contributed by atoms with van der Waals surface area (Å²) in [4.78, 5) is 7.00. The van der Waals surface area contributed by atoms with E-state index in [9.17, 15) is 0 Å². The Morgan fingerprint density at radius 1 is 1.17 bits per heavy atom. The summed E-state index contributed by atoms with van der Waals surface area (Å²) in [6.07, 6.45) is 12.2.